The summed E-state index contributed by atoms with van der Waals surface area (Å²) in [7, 11) is -4.97. The molecule has 0 aromatic carbocycles. The quantitative estimate of drug-likeness (QED) is 0.613. The molecule has 1 aliphatic heterocycles. The van der Waals surface area contributed by atoms with Gasteiger partial charge in [-0.25, -0.2) is 21.6 Å². The van der Waals surface area contributed by atoms with E-state index in [2.05, 4.69) is 4.72 Å². The molecule has 0 aromatic heterocycles. The smallest absolute Gasteiger partial charge is 0.214 e. The maximum Gasteiger partial charge on any atom is 0.214 e. The highest BCUT2D eigenvalue weighted by Crippen LogP contribution is 2.18. The van der Waals surface area contributed by atoms with E-state index < -0.39 is 25.1 Å². The third kappa shape index (κ3) is 5.74. The molecule has 1 fully saturated rings. The second kappa shape index (κ2) is 6.98. The van der Waals surface area contributed by atoms with Gasteiger partial charge in [-0.3, -0.25) is 0 Å². The van der Waals surface area contributed by atoms with Crippen LogP contribution in [0.5, 0.6) is 0 Å². The van der Waals surface area contributed by atoms with Crippen molar-refractivity contribution in [3.63, 3.8) is 0 Å². The molecule has 0 radical (unpaired) electrons. The van der Waals surface area contributed by atoms with E-state index >= 15 is 0 Å². The first-order valence-electron chi connectivity index (χ1n) is 6.20. The molecule has 0 amide bonds. The molecule has 0 bridgehead atoms. The van der Waals surface area contributed by atoms with Gasteiger partial charge < -0.3 is 10.5 Å². The summed E-state index contributed by atoms with van der Waals surface area (Å²) in [6, 6.07) is -0.209. The Morgan fingerprint density at radius 3 is 2.47 bits per heavy atom. The van der Waals surface area contributed by atoms with Gasteiger partial charge in [0.05, 0.1) is 23.4 Å². The van der Waals surface area contributed by atoms with E-state index in [-0.39, 0.29) is 36.9 Å². The molecule has 0 aromatic rings. The lowest BCUT2D eigenvalue weighted by atomic mass is 10.2. The Balaban J connectivity index is 2.40. The number of sulfonamides is 1. The normalized spacial score (nSPS) is 22.2. The van der Waals surface area contributed by atoms with E-state index in [0.29, 0.717) is 13.0 Å². The zero-order chi connectivity index (χ0) is 14.5. The topological polar surface area (TPSA) is 116 Å². The van der Waals surface area contributed by atoms with Crippen LogP contribution >= 0.6 is 0 Å². The number of hydrogen-bond acceptors (Lipinski definition) is 6. The Hall–Kier alpha value is -0.220. The number of nitrogens with two attached hydrogens (primary N) is 1. The van der Waals surface area contributed by atoms with Crippen molar-refractivity contribution in [2.24, 2.45) is 5.73 Å². The second-order valence-electron chi connectivity index (χ2n) is 4.79. The number of nitrogens with one attached hydrogen (secondary N) is 1. The summed E-state index contributed by atoms with van der Waals surface area (Å²) < 4.78 is 53.8. The van der Waals surface area contributed by atoms with Crippen LogP contribution in [0, 0.1) is 0 Å². The second-order valence-corrected chi connectivity index (χ2v) is 9.14. The fourth-order valence-electron chi connectivity index (χ4n) is 1.98. The SMILES string of the molecule is COCC(N)CCNS(=O)(=O)C1CCS(=O)(=O)CC1. The molecular formula is C10H22N2O5S2. The maximum atomic E-state index is 12.0. The molecule has 9 heteroatoms. The standard InChI is InChI=1S/C10H22N2O5S2/c1-17-8-9(11)2-5-12-19(15,16)10-3-6-18(13,14)7-4-10/h9-10,12H,2-8,11H2,1H3. The monoisotopic (exact) mass is 314 g/mol. The summed E-state index contributed by atoms with van der Waals surface area (Å²) in [5, 5.41) is -0.616. The van der Waals surface area contributed by atoms with E-state index in [0.717, 1.165) is 0 Å². The highest BCUT2D eigenvalue weighted by molar-refractivity contribution is 7.92. The summed E-state index contributed by atoms with van der Waals surface area (Å²) in [6.07, 6.45) is 0.821. The average Bonchev–Trinajstić information content (AvgIpc) is 2.28. The first-order valence-corrected chi connectivity index (χ1v) is 9.57. The van der Waals surface area contributed by atoms with Gasteiger partial charge in [0.2, 0.25) is 10.0 Å². The fourth-order valence-corrected chi connectivity index (χ4v) is 5.26. The lowest BCUT2D eigenvalue weighted by Gasteiger charge is -2.22. The zero-order valence-corrected chi connectivity index (χ0v) is 12.7. The van der Waals surface area contributed by atoms with Gasteiger partial charge in [0.15, 0.2) is 0 Å². The van der Waals surface area contributed by atoms with Gasteiger partial charge in [0.25, 0.3) is 0 Å². The van der Waals surface area contributed by atoms with Crippen LogP contribution in [-0.2, 0) is 24.6 Å². The lowest BCUT2D eigenvalue weighted by molar-refractivity contribution is 0.177. The van der Waals surface area contributed by atoms with E-state index in [1.54, 1.807) is 0 Å². The van der Waals surface area contributed by atoms with Crippen LogP contribution in [0.4, 0.5) is 0 Å². The van der Waals surface area contributed by atoms with Crippen LogP contribution in [0.2, 0.25) is 0 Å². The van der Waals surface area contributed by atoms with Crippen molar-refractivity contribution < 1.29 is 21.6 Å². The van der Waals surface area contributed by atoms with Crippen LogP contribution < -0.4 is 10.5 Å². The molecule has 1 heterocycles. The van der Waals surface area contributed by atoms with Crippen LogP contribution in [0.3, 0.4) is 0 Å². The van der Waals surface area contributed by atoms with Gasteiger partial charge in [-0.2, -0.15) is 0 Å². The molecule has 19 heavy (non-hydrogen) atoms. The van der Waals surface area contributed by atoms with E-state index in [1.165, 1.54) is 7.11 Å². The van der Waals surface area contributed by atoms with E-state index in [1.807, 2.05) is 0 Å². The Kier molecular flexibility index (Phi) is 6.18. The summed E-state index contributed by atoms with van der Waals surface area (Å²) in [5.41, 5.74) is 5.69. The van der Waals surface area contributed by atoms with Crippen molar-refractivity contribution in [2.45, 2.75) is 30.6 Å². The Morgan fingerprint density at radius 1 is 1.37 bits per heavy atom. The molecule has 1 saturated heterocycles. The van der Waals surface area contributed by atoms with E-state index in [9.17, 15) is 16.8 Å². The van der Waals surface area contributed by atoms with Crippen LogP contribution in [0.15, 0.2) is 0 Å². The van der Waals surface area contributed by atoms with Gasteiger partial charge in [-0.05, 0) is 19.3 Å². The van der Waals surface area contributed by atoms with Gasteiger partial charge in [-0.1, -0.05) is 0 Å². The summed E-state index contributed by atoms with van der Waals surface area (Å²) in [5.74, 6) is -0.108. The third-order valence-electron chi connectivity index (χ3n) is 3.14. The molecule has 3 N–H and O–H groups in total. The first kappa shape index (κ1) is 16.8. The van der Waals surface area contributed by atoms with Crippen LogP contribution in [0.1, 0.15) is 19.3 Å². The van der Waals surface area contributed by atoms with Gasteiger partial charge in [0.1, 0.15) is 9.84 Å². The molecule has 1 unspecified atom stereocenters. The molecule has 0 spiro atoms. The molecule has 0 aliphatic carbocycles. The average molecular weight is 314 g/mol. The first-order chi connectivity index (χ1) is 8.77. The predicted octanol–water partition coefficient (Wildman–Crippen LogP) is -1.15. The molecule has 0 saturated carbocycles. The molecule has 1 rings (SSSR count). The molecular weight excluding hydrogens is 292 g/mol. The largest absolute Gasteiger partial charge is 0.383 e. The molecule has 1 atom stereocenters. The third-order valence-corrected chi connectivity index (χ3v) is 6.81. The number of methoxy groups -OCH3 is 1. The number of ether oxygens (including phenoxy) is 1. The fraction of sp³-hybridized carbons (Fsp3) is 1.00. The zero-order valence-electron chi connectivity index (χ0n) is 11.0. The molecule has 7 nitrogen and oxygen atoms in total. The Morgan fingerprint density at radius 2 is 1.95 bits per heavy atom. The van der Waals surface area contributed by atoms with Gasteiger partial charge in [-0.15, -0.1) is 0 Å². The predicted molar refractivity (Wildman–Crippen MR) is 73.1 cm³/mol. The van der Waals surface area contributed by atoms with Crippen molar-refractivity contribution in [1.82, 2.24) is 4.72 Å². The van der Waals surface area contributed by atoms with Crippen molar-refractivity contribution in [2.75, 3.05) is 31.8 Å². The number of sulfone groups is 1. The minimum Gasteiger partial charge on any atom is -0.383 e. The van der Waals surface area contributed by atoms with Gasteiger partial charge in [0, 0.05) is 19.7 Å². The minimum absolute atomic E-state index is 0.0538. The summed E-state index contributed by atoms with van der Waals surface area (Å²) in [6.45, 7) is 0.625. The summed E-state index contributed by atoms with van der Waals surface area (Å²) in [4.78, 5) is 0. The molecule has 1 aliphatic rings. The lowest BCUT2D eigenvalue weighted by Crippen LogP contribution is -2.41. The summed E-state index contributed by atoms with van der Waals surface area (Å²) >= 11 is 0. The maximum absolute atomic E-state index is 12.0. The Labute approximate surface area is 114 Å². The van der Waals surface area contributed by atoms with Gasteiger partial charge >= 0.3 is 0 Å². The van der Waals surface area contributed by atoms with Crippen molar-refractivity contribution in [3.05, 3.63) is 0 Å². The number of rotatable bonds is 7. The van der Waals surface area contributed by atoms with Crippen molar-refractivity contribution in [3.8, 4) is 0 Å². The highest BCUT2D eigenvalue weighted by Gasteiger charge is 2.32. The number of hydrogen-bond donors (Lipinski definition) is 2. The van der Waals surface area contributed by atoms with Crippen molar-refractivity contribution in [1.29, 1.82) is 0 Å². The van der Waals surface area contributed by atoms with Crippen LogP contribution in [-0.4, -0.2) is 59.9 Å². The minimum atomic E-state index is -3.45. The van der Waals surface area contributed by atoms with Crippen LogP contribution in [0.25, 0.3) is 0 Å². The molecule has 114 valence electrons. The van der Waals surface area contributed by atoms with Crippen molar-refractivity contribution >= 4 is 19.9 Å². The Bertz CT molecular complexity index is 460. The highest BCUT2D eigenvalue weighted by atomic mass is 32.2. The van der Waals surface area contributed by atoms with E-state index in [4.69, 9.17) is 10.5 Å².